The van der Waals surface area contributed by atoms with Crippen molar-refractivity contribution >= 4 is 22.6 Å². The van der Waals surface area contributed by atoms with E-state index in [0.717, 1.165) is 13.0 Å². The first kappa shape index (κ1) is 8.28. The molecule has 0 radical (unpaired) electrons. The molecule has 2 atom stereocenters. The van der Waals surface area contributed by atoms with Gasteiger partial charge in [-0.05, 0) is 19.8 Å². The second-order valence-corrected chi connectivity index (χ2v) is 4.40. The first-order chi connectivity index (χ1) is 4.75. The van der Waals surface area contributed by atoms with Gasteiger partial charge in [0.25, 0.3) is 0 Å². The Morgan fingerprint density at radius 3 is 2.90 bits per heavy atom. The molecular weight excluding hydrogens is 239 g/mol. The summed E-state index contributed by atoms with van der Waals surface area (Å²) in [4.78, 5) is 2.25. The summed E-state index contributed by atoms with van der Waals surface area (Å²) in [5, 5.41) is 8.69. The molecule has 1 heterocycles. The van der Waals surface area contributed by atoms with Gasteiger partial charge in [0.05, 0.1) is 16.2 Å². The lowest BCUT2D eigenvalue weighted by Crippen LogP contribution is -2.32. The highest BCUT2D eigenvalue weighted by Gasteiger charge is 2.26. The number of hydrogen-bond donors (Lipinski definition) is 0. The van der Waals surface area contributed by atoms with Crippen molar-refractivity contribution < 1.29 is 0 Å². The molecule has 10 heavy (non-hydrogen) atoms. The van der Waals surface area contributed by atoms with Crippen LogP contribution in [0.5, 0.6) is 0 Å². The molecule has 2 nitrogen and oxygen atoms in total. The topological polar surface area (TPSA) is 27.0 Å². The summed E-state index contributed by atoms with van der Waals surface area (Å²) >= 11 is 2.36. The number of alkyl halides is 1. The van der Waals surface area contributed by atoms with Gasteiger partial charge in [0.1, 0.15) is 0 Å². The maximum absolute atomic E-state index is 8.69. The number of nitrogens with zero attached hydrogens (tertiary/aromatic N) is 2. The zero-order valence-electron chi connectivity index (χ0n) is 6.05. The molecular formula is C7H11IN2. The Morgan fingerprint density at radius 2 is 2.50 bits per heavy atom. The minimum absolute atomic E-state index is 0.187. The lowest BCUT2D eigenvalue weighted by Gasteiger charge is -2.21. The molecule has 1 fully saturated rings. The number of halogens is 1. The molecule has 0 aromatic rings. The molecule has 0 saturated carbocycles. The average Bonchev–Trinajstić information content (AvgIpc) is 2.33. The van der Waals surface area contributed by atoms with Crippen molar-refractivity contribution in [3.8, 4) is 6.07 Å². The predicted octanol–water partition coefficient (Wildman–Crippen LogP) is 1.76. The summed E-state index contributed by atoms with van der Waals surface area (Å²) in [6.45, 7) is 3.23. The van der Waals surface area contributed by atoms with Crippen molar-refractivity contribution in [2.24, 2.45) is 0 Å². The van der Waals surface area contributed by atoms with Crippen LogP contribution in [0.2, 0.25) is 0 Å². The Morgan fingerprint density at radius 1 is 1.80 bits per heavy atom. The van der Waals surface area contributed by atoms with Gasteiger partial charge in [0.15, 0.2) is 0 Å². The molecule has 0 N–H and O–H groups in total. The van der Waals surface area contributed by atoms with E-state index < -0.39 is 0 Å². The normalized spacial score (nSPS) is 29.9. The van der Waals surface area contributed by atoms with Crippen LogP contribution in [0.3, 0.4) is 0 Å². The second-order valence-electron chi connectivity index (χ2n) is 2.60. The van der Waals surface area contributed by atoms with Gasteiger partial charge in [-0.3, -0.25) is 4.90 Å². The Hall–Kier alpha value is 0.180. The zero-order chi connectivity index (χ0) is 7.56. The molecule has 0 aromatic carbocycles. The zero-order valence-corrected chi connectivity index (χ0v) is 8.21. The Bertz CT molecular complexity index is 150. The molecule has 0 aromatic heterocycles. The van der Waals surface area contributed by atoms with Crippen LogP contribution in [-0.2, 0) is 0 Å². The third-order valence-corrected chi connectivity index (χ3v) is 2.62. The molecule has 1 aliphatic heterocycles. The molecule has 3 heteroatoms. The van der Waals surface area contributed by atoms with Crippen LogP contribution in [0.25, 0.3) is 0 Å². The predicted molar refractivity (Wildman–Crippen MR) is 48.8 cm³/mol. The standard InChI is InChI=1S/C7H11IN2/c1-6(8)10-4-2-3-7(10)5-9/h6-7H,2-4H2,1H3. The summed E-state index contributed by atoms with van der Waals surface area (Å²) in [6.07, 6.45) is 2.25. The van der Waals surface area contributed by atoms with Gasteiger partial charge in [0, 0.05) is 6.54 Å². The minimum Gasteiger partial charge on any atom is -0.276 e. The molecule has 56 valence electrons. The van der Waals surface area contributed by atoms with Crippen LogP contribution in [0.4, 0.5) is 0 Å². The van der Waals surface area contributed by atoms with E-state index in [1.807, 2.05) is 0 Å². The van der Waals surface area contributed by atoms with Crippen molar-refractivity contribution in [2.45, 2.75) is 29.9 Å². The monoisotopic (exact) mass is 250 g/mol. The maximum Gasteiger partial charge on any atom is 0.0986 e. The van der Waals surface area contributed by atoms with E-state index in [-0.39, 0.29) is 6.04 Å². The summed E-state index contributed by atoms with van der Waals surface area (Å²) < 4.78 is 0.504. The summed E-state index contributed by atoms with van der Waals surface area (Å²) in [5.41, 5.74) is 0. The number of likely N-dealkylation sites (tertiary alicyclic amines) is 1. The minimum atomic E-state index is 0.187. The Balaban J connectivity index is 2.52. The highest BCUT2D eigenvalue weighted by Crippen LogP contribution is 2.21. The van der Waals surface area contributed by atoms with E-state index >= 15 is 0 Å². The molecule has 0 spiro atoms. The van der Waals surface area contributed by atoms with Crippen molar-refractivity contribution in [1.82, 2.24) is 4.90 Å². The highest BCUT2D eigenvalue weighted by atomic mass is 127. The molecule has 0 bridgehead atoms. The van der Waals surface area contributed by atoms with Gasteiger partial charge in [-0.2, -0.15) is 5.26 Å². The van der Waals surface area contributed by atoms with Crippen LogP contribution < -0.4 is 0 Å². The maximum atomic E-state index is 8.69. The van der Waals surface area contributed by atoms with Crippen molar-refractivity contribution in [3.05, 3.63) is 0 Å². The van der Waals surface area contributed by atoms with Gasteiger partial charge in [-0.25, -0.2) is 0 Å². The molecule has 0 aliphatic carbocycles. The molecule has 1 saturated heterocycles. The SMILES string of the molecule is CC(I)N1CCCC1C#N. The van der Waals surface area contributed by atoms with Crippen molar-refractivity contribution in [2.75, 3.05) is 6.54 Å². The van der Waals surface area contributed by atoms with Crippen LogP contribution >= 0.6 is 22.6 Å². The van der Waals surface area contributed by atoms with Gasteiger partial charge >= 0.3 is 0 Å². The van der Waals surface area contributed by atoms with Crippen LogP contribution in [-0.4, -0.2) is 21.5 Å². The van der Waals surface area contributed by atoms with E-state index in [9.17, 15) is 0 Å². The van der Waals surface area contributed by atoms with E-state index in [1.165, 1.54) is 6.42 Å². The number of hydrogen-bond acceptors (Lipinski definition) is 2. The van der Waals surface area contributed by atoms with E-state index in [4.69, 9.17) is 5.26 Å². The largest absolute Gasteiger partial charge is 0.276 e. The summed E-state index contributed by atoms with van der Waals surface area (Å²) in [5.74, 6) is 0. The molecule has 1 rings (SSSR count). The van der Waals surface area contributed by atoms with Gasteiger partial charge in [-0.15, -0.1) is 0 Å². The third kappa shape index (κ3) is 1.61. The van der Waals surface area contributed by atoms with Crippen molar-refractivity contribution in [3.63, 3.8) is 0 Å². The summed E-state index contributed by atoms with van der Waals surface area (Å²) in [6, 6.07) is 2.50. The second kappa shape index (κ2) is 3.54. The van der Waals surface area contributed by atoms with Crippen LogP contribution in [0, 0.1) is 11.3 Å². The fourth-order valence-corrected chi connectivity index (χ4v) is 2.02. The van der Waals surface area contributed by atoms with Gasteiger partial charge in [-0.1, -0.05) is 22.6 Å². The van der Waals surface area contributed by atoms with Crippen molar-refractivity contribution in [1.29, 1.82) is 5.26 Å². The molecule has 1 aliphatic rings. The fraction of sp³-hybridized carbons (Fsp3) is 0.857. The first-order valence-corrected chi connectivity index (χ1v) is 4.79. The van der Waals surface area contributed by atoms with Crippen LogP contribution in [0.15, 0.2) is 0 Å². The van der Waals surface area contributed by atoms with E-state index in [0.29, 0.717) is 4.05 Å². The lowest BCUT2D eigenvalue weighted by molar-refractivity contribution is 0.298. The van der Waals surface area contributed by atoms with E-state index in [1.54, 1.807) is 0 Å². The average molecular weight is 250 g/mol. The number of rotatable bonds is 1. The smallest absolute Gasteiger partial charge is 0.0986 e. The molecule has 0 amide bonds. The van der Waals surface area contributed by atoms with Gasteiger partial charge in [0.2, 0.25) is 0 Å². The fourth-order valence-electron chi connectivity index (χ4n) is 1.35. The highest BCUT2D eigenvalue weighted by molar-refractivity contribution is 14.1. The lowest BCUT2D eigenvalue weighted by atomic mass is 10.2. The quantitative estimate of drug-likeness (QED) is 0.402. The van der Waals surface area contributed by atoms with Crippen LogP contribution in [0.1, 0.15) is 19.8 Å². The Kier molecular flexibility index (Phi) is 2.93. The Labute approximate surface area is 75.3 Å². The molecule has 2 unspecified atom stereocenters. The third-order valence-electron chi connectivity index (χ3n) is 1.90. The van der Waals surface area contributed by atoms with Gasteiger partial charge < -0.3 is 0 Å². The summed E-state index contributed by atoms with van der Waals surface area (Å²) in [7, 11) is 0. The number of nitriles is 1. The first-order valence-electron chi connectivity index (χ1n) is 3.55. The van der Waals surface area contributed by atoms with E-state index in [2.05, 4.69) is 40.5 Å².